The summed E-state index contributed by atoms with van der Waals surface area (Å²) in [5.74, 6) is 1.83. The van der Waals surface area contributed by atoms with E-state index < -0.39 is 0 Å². The van der Waals surface area contributed by atoms with E-state index in [-0.39, 0.29) is 11.2 Å². The van der Waals surface area contributed by atoms with E-state index in [1.54, 1.807) is 0 Å². The van der Waals surface area contributed by atoms with Gasteiger partial charge in [-0.2, -0.15) is 0 Å². The normalized spacial score (nSPS) is 25.0. The Kier molecular flexibility index (Phi) is 3.09. The van der Waals surface area contributed by atoms with Gasteiger partial charge in [-0.05, 0) is 18.3 Å². The third-order valence-electron chi connectivity index (χ3n) is 3.34. The number of hydrogen-bond acceptors (Lipinski definition) is 3. The molecule has 5 heteroatoms. The molecule has 0 bridgehead atoms. The van der Waals surface area contributed by atoms with Crippen LogP contribution in [0, 0.1) is 11.8 Å². The predicted molar refractivity (Wildman–Crippen MR) is 67.5 cm³/mol. The number of aromatic amines is 1. The Labute approximate surface area is 100 Å². The van der Waals surface area contributed by atoms with E-state index in [9.17, 15) is 9.59 Å². The van der Waals surface area contributed by atoms with Crippen molar-refractivity contribution >= 4 is 5.82 Å². The highest BCUT2D eigenvalue weighted by Crippen LogP contribution is 2.23. The number of piperidine rings is 1. The molecule has 94 valence electrons. The summed E-state index contributed by atoms with van der Waals surface area (Å²) in [6.45, 7) is 6.19. The molecule has 0 saturated carbocycles. The zero-order chi connectivity index (χ0) is 12.6. The van der Waals surface area contributed by atoms with Crippen LogP contribution in [-0.2, 0) is 7.05 Å². The lowest BCUT2D eigenvalue weighted by Gasteiger charge is -2.36. The minimum Gasteiger partial charge on any atom is -0.357 e. The number of hydrogen-bond donors (Lipinski definition) is 1. The summed E-state index contributed by atoms with van der Waals surface area (Å²) in [6.07, 6.45) is 1.20. The molecule has 0 radical (unpaired) electrons. The molecule has 0 spiro atoms. The Morgan fingerprint density at radius 1 is 1.24 bits per heavy atom. The average molecular weight is 237 g/mol. The maximum Gasteiger partial charge on any atom is 0.329 e. The molecule has 1 aromatic rings. The maximum absolute atomic E-state index is 11.6. The van der Waals surface area contributed by atoms with Crippen molar-refractivity contribution in [2.45, 2.75) is 20.3 Å². The van der Waals surface area contributed by atoms with Crippen LogP contribution >= 0.6 is 0 Å². The average Bonchev–Trinajstić information content (AvgIpc) is 2.23. The molecule has 0 amide bonds. The molecule has 2 atom stereocenters. The molecule has 5 nitrogen and oxygen atoms in total. The molecule has 17 heavy (non-hydrogen) atoms. The molecule has 2 rings (SSSR count). The zero-order valence-corrected chi connectivity index (χ0v) is 10.6. The Morgan fingerprint density at radius 2 is 1.82 bits per heavy atom. The van der Waals surface area contributed by atoms with E-state index in [0.29, 0.717) is 17.7 Å². The molecule has 1 N–H and O–H groups in total. The van der Waals surface area contributed by atoms with Crippen LogP contribution in [0.15, 0.2) is 15.7 Å². The lowest BCUT2D eigenvalue weighted by molar-refractivity contribution is 0.355. The van der Waals surface area contributed by atoms with Gasteiger partial charge in [0.1, 0.15) is 5.82 Å². The quantitative estimate of drug-likeness (QED) is 0.776. The number of anilines is 1. The van der Waals surface area contributed by atoms with Gasteiger partial charge in [-0.25, -0.2) is 4.79 Å². The second kappa shape index (κ2) is 4.39. The third kappa shape index (κ3) is 2.43. The lowest BCUT2D eigenvalue weighted by atomic mass is 9.92. The molecule has 1 fully saturated rings. The molecule has 1 saturated heterocycles. The second-order valence-corrected chi connectivity index (χ2v) is 5.21. The Hall–Kier alpha value is -1.52. The summed E-state index contributed by atoms with van der Waals surface area (Å²) in [4.78, 5) is 28.0. The van der Waals surface area contributed by atoms with Gasteiger partial charge in [0.15, 0.2) is 0 Å². The Morgan fingerprint density at radius 3 is 2.35 bits per heavy atom. The van der Waals surface area contributed by atoms with Gasteiger partial charge in [0.25, 0.3) is 5.56 Å². The summed E-state index contributed by atoms with van der Waals surface area (Å²) in [5, 5.41) is 0. The fraction of sp³-hybridized carbons (Fsp3) is 0.667. The summed E-state index contributed by atoms with van der Waals surface area (Å²) in [6, 6.07) is 1.51. The van der Waals surface area contributed by atoms with Gasteiger partial charge < -0.3 is 4.90 Å². The van der Waals surface area contributed by atoms with Gasteiger partial charge in [-0.1, -0.05) is 13.8 Å². The van der Waals surface area contributed by atoms with Crippen molar-refractivity contribution in [1.82, 2.24) is 9.55 Å². The number of nitrogens with zero attached hydrogens (tertiary/aromatic N) is 2. The largest absolute Gasteiger partial charge is 0.357 e. The van der Waals surface area contributed by atoms with Crippen LogP contribution in [0.4, 0.5) is 5.82 Å². The first-order valence-electron chi connectivity index (χ1n) is 6.02. The SMILES string of the molecule is C[C@@H]1C[C@H](C)CN(c2cc(=O)n(C)c(=O)[nH]2)C1. The van der Waals surface area contributed by atoms with Crippen molar-refractivity contribution in [3.8, 4) is 0 Å². The molecule has 1 aromatic heterocycles. The standard InChI is InChI=1S/C12H19N3O2/c1-8-4-9(2)7-15(6-8)10-5-11(16)14(3)12(17)13-10/h5,8-9H,4,6-7H2,1-3H3,(H,13,17)/t8-,9+. The summed E-state index contributed by atoms with van der Waals surface area (Å²) < 4.78 is 1.08. The van der Waals surface area contributed by atoms with Crippen molar-refractivity contribution in [1.29, 1.82) is 0 Å². The van der Waals surface area contributed by atoms with Crippen LogP contribution in [-0.4, -0.2) is 22.6 Å². The van der Waals surface area contributed by atoms with Crippen molar-refractivity contribution in [2.75, 3.05) is 18.0 Å². The molecule has 1 aliphatic heterocycles. The zero-order valence-electron chi connectivity index (χ0n) is 10.6. The summed E-state index contributed by atoms with van der Waals surface area (Å²) in [5.41, 5.74) is -0.604. The number of rotatable bonds is 1. The third-order valence-corrected chi connectivity index (χ3v) is 3.34. The highest BCUT2D eigenvalue weighted by Gasteiger charge is 2.22. The minimum absolute atomic E-state index is 0.255. The minimum atomic E-state index is -0.349. The smallest absolute Gasteiger partial charge is 0.329 e. The number of aromatic nitrogens is 2. The molecular weight excluding hydrogens is 218 g/mol. The van der Waals surface area contributed by atoms with Crippen LogP contribution in [0.5, 0.6) is 0 Å². The Balaban J connectivity index is 2.34. The molecular formula is C12H19N3O2. The van der Waals surface area contributed by atoms with Gasteiger partial charge in [0.2, 0.25) is 0 Å². The van der Waals surface area contributed by atoms with E-state index in [2.05, 4.69) is 23.7 Å². The van der Waals surface area contributed by atoms with Gasteiger partial charge in [0, 0.05) is 26.2 Å². The van der Waals surface area contributed by atoms with Crippen LogP contribution in [0.1, 0.15) is 20.3 Å². The van der Waals surface area contributed by atoms with Crippen molar-refractivity contribution in [3.05, 3.63) is 26.9 Å². The highest BCUT2D eigenvalue weighted by atomic mass is 16.2. The summed E-state index contributed by atoms with van der Waals surface area (Å²) >= 11 is 0. The fourth-order valence-corrected chi connectivity index (χ4v) is 2.57. The van der Waals surface area contributed by atoms with Crippen LogP contribution in [0.2, 0.25) is 0 Å². The first kappa shape index (κ1) is 12.0. The van der Waals surface area contributed by atoms with E-state index in [1.807, 2.05) is 0 Å². The van der Waals surface area contributed by atoms with Crippen LogP contribution < -0.4 is 16.1 Å². The molecule has 0 aromatic carbocycles. The summed E-state index contributed by atoms with van der Waals surface area (Å²) in [7, 11) is 1.48. The van der Waals surface area contributed by atoms with Crippen molar-refractivity contribution in [2.24, 2.45) is 18.9 Å². The molecule has 0 aliphatic carbocycles. The van der Waals surface area contributed by atoms with E-state index in [4.69, 9.17) is 0 Å². The first-order valence-corrected chi connectivity index (χ1v) is 6.02. The second-order valence-electron chi connectivity index (χ2n) is 5.21. The first-order chi connectivity index (χ1) is 7.97. The van der Waals surface area contributed by atoms with Gasteiger partial charge >= 0.3 is 5.69 Å². The predicted octanol–water partition coefficient (Wildman–Crippen LogP) is 0.556. The molecule has 1 aliphatic rings. The van der Waals surface area contributed by atoms with Crippen molar-refractivity contribution < 1.29 is 0 Å². The van der Waals surface area contributed by atoms with Crippen LogP contribution in [0.3, 0.4) is 0 Å². The van der Waals surface area contributed by atoms with Crippen LogP contribution in [0.25, 0.3) is 0 Å². The van der Waals surface area contributed by atoms with Gasteiger partial charge in [-0.15, -0.1) is 0 Å². The van der Waals surface area contributed by atoms with E-state index >= 15 is 0 Å². The van der Waals surface area contributed by atoms with Gasteiger partial charge in [-0.3, -0.25) is 14.3 Å². The van der Waals surface area contributed by atoms with E-state index in [0.717, 1.165) is 17.7 Å². The molecule has 2 heterocycles. The Bertz CT molecular complexity index is 476. The molecule has 0 unspecified atom stereocenters. The van der Waals surface area contributed by atoms with E-state index in [1.165, 1.54) is 19.5 Å². The number of H-pyrrole nitrogens is 1. The monoisotopic (exact) mass is 237 g/mol. The van der Waals surface area contributed by atoms with Gasteiger partial charge in [0.05, 0.1) is 0 Å². The lowest BCUT2D eigenvalue weighted by Crippen LogP contribution is -2.42. The number of nitrogens with one attached hydrogen (secondary N) is 1. The highest BCUT2D eigenvalue weighted by molar-refractivity contribution is 5.37. The topological polar surface area (TPSA) is 58.1 Å². The fourth-order valence-electron chi connectivity index (χ4n) is 2.57. The maximum atomic E-state index is 11.6. The van der Waals surface area contributed by atoms with Crippen molar-refractivity contribution in [3.63, 3.8) is 0 Å².